The Labute approximate surface area is 191 Å². The molecular weight excluding hydrogens is 420 g/mol. The van der Waals surface area contributed by atoms with Crippen LogP contribution in [0.4, 0.5) is 0 Å². The van der Waals surface area contributed by atoms with Crippen molar-refractivity contribution in [1.82, 2.24) is 9.97 Å². The molecule has 2 heterocycles. The van der Waals surface area contributed by atoms with Gasteiger partial charge in [0.25, 0.3) is 5.56 Å². The van der Waals surface area contributed by atoms with E-state index in [1.165, 1.54) is 28.0 Å². The molecule has 0 amide bonds. The maximum Gasteiger partial charge on any atom is 0.260 e. The number of ether oxygens (including phenoxy) is 2. The highest BCUT2D eigenvalue weighted by Gasteiger charge is 2.20. The number of rotatable bonds is 6. The van der Waals surface area contributed by atoms with Gasteiger partial charge >= 0.3 is 0 Å². The van der Waals surface area contributed by atoms with Gasteiger partial charge in [-0.3, -0.25) is 4.79 Å². The lowest BCUT2D eigenvalue weighted by molar-refractivity contribution is 0.217. The fourth-order valence-corrected chi connectivity index (χ4v) is 5.46. The number of thiophene rings is 1. The van der Waals surface area contributed by atoms with Crippen LogP contribution in [0.25, 0.3) is 21.6 Å². The molecule has 0 atom stereocenters. The minimum Gasteiger partial charge on any atom is -0.490 e. The van der Waals surface area contributed by atoms with E-state index in [0.29, 0.717) is 24.8 Å². The maximum atomic E-state index is 12.9. The van der Waals surface area contributed by atoms with Crippen molar-refractivity contribution in [1.29, 1.82) is 0 Å². The molecule has 2 aromatic carbocycles. The number of aryl methyl sites for hydroxylation is 4. The lowest BCUT2D eigenvalue weighted by atomic mass is 9.97. The minimum atomic E-state index is -0.0581. The monoisotopic (exact) mass is 446 g/mol. The molecular formula is C26H26N2O3S. The highest BCUT2D eigenvalue weighted by Crippen LogP contribution is 2.35. The van der Waals surface area contributed by atoms with Gasteiger partial charge in [0.1, 0.15) is 35.4 Å². The molecule has 4 aromatic rings. The van der Waals surface area contributed by atoms with Crippen LogP contribution in [0.3, 0.4) is 0 Å². The van der Waals surface area contributed by atoms with Gasteiger partial charge in [-0.25, -0.2) is 4.98 Å². The Morgan fingerprint density at radius 3 is 2.69 bits per heavy atom. The zero-order chi connectivity index (χ0) is 22.1. The van der Waals surface area contributed by atoms with Gasteiger partial charge < -0.3 is 14.5 Å². The average molecular weight is 447 g/mol. The second-order valence-electron chi connectivity index (χ2n) is 8.24. The molecule has 164 valence electrons. The van der Waals surface area contributed by atoms with Gasteiger partial charge in [-0.1, -0.05) is 18.2 Å². The molecule has 0 spiro atoms. The van der Waals surface area contributed by atoms with Crippen LogP contribution in [0.15, 0.2) is 47.3 Å². The molecule has 1 N–H and O–H groups in total. The van der Waals surface area contributed by atoms with Crippen LogP contribution >= 0.6 is 11.3 Å². The molecule has 0 fully saturated rings. The smallest absolute Gasteiger partial charge is 0.260 e. The van der Waals surface area contributed by atoms with Crippen molar-refractivity contribution in [2.24, 2.45) is 0 Å². The summed E-state index contributed by atoms with van der Waals surface area (Å²) in [7, 11) is 0. The molecule has 0 aliphatic heterocycles. The second-order valence-corrected chi connectivity index (χ2v) is 9.33. The summed E-state index contributed by atoms with van der Waals surface area (Å²) in [4.78, 5) is 22.9. The zero-order valence-electron chi connectivity index (χ0n) is 18.4. The molecule has 0 saturated carbocycles. The number of benzene rings is 2. The Morgan fingerprint density at radius 1 is 1.00 bits per heavy atom. The number of nitrogens with one attached hydrogen (secondary N) is 1. The Balaban J connectivity index is 1.35. The summed E-state index contributed by atoms with van der Waals surface area (Å²) in [6.45, 7) is 4.98. The van der Waals surface area contributed by atoms with Crippen molar-refractivity contribution < 1.29 is 9.47 Å². The molecule has 0 bridgehead atoms. The van der Waals surface area contributed by atoms with E-state index in [2.05, 4.69) is 24.9 Å². The van der Waals surface area contributed by atoms with Crippen LogP contribution in [-0.4, -0.2) is 23.2 Å². The minimum absolute atomic E-state index is 0.0581. The molecule has 1 aliphatic carbocycles. The maximum absolute atomic E-state index is 12.9. The van der Waals surface area contributed by atoms with Crippen LogP contribution in [0.5, 0.6) is 11.5 Å². The third-order valence-corrected chi connectivity index (χ3v) is 7.24. The van der Waals surface area contributed by atoms with Crippen molar-refractivity contribution in [2.45, 2.75) is 39.5 Å². The summed E-state index contributed by atoms with van der Waals surface area (Å²) in [6.07, 6.45) is 4.34. The summed E-state index contributed by atoms with van der Waals surface area (Å²) in [5.74, 6) is 2.06. The van der Waals surface area contributed by atoms with Gasteiger partial charge in [0.2, 0.25) is 0 Å². The highest BCUT2D eigenvalue weighted by atomic mass is 32.1. The van der Waals surface area contributed by atoms with Crippen LogP contribution < -0.4 is 15.0 Å². The first-order valence-corrected chi connectivity index (χ1v) is 11.9. The van der Waals surface area contributed by atoms with E-state index in [4.69, 9.17) is 14.5 Å². The summed E-state index contributed by atoms with van der Waals surface area (Å²) < 4.78 is 11.9. The Morgan fingerprint density at radius 2 is 1.81 bits per heavy atom. The Kier molecular flexibility index (Phi) is 5.70. The number of H-pyrrole nitrogens is 1. The van der Waals surface area contributed by atoms with Crippen molar-refractivity contribution >= 4 is 21.6 Å². The third kappa shape index (κ3) is 4.02. The molecule has 0 radical (unpaired) electrons. The number of hydrogen-bond acceptors (Lipinski definition) is 5. The van der Waals surface area contributed by atoms with Crippen LogP contribution in [-0.2, 0) is 12.8 Å². The van der Waals surface area contributed by atoms with Crippen molar-refractivity contribution in [2.75, 3.05) is 13.2 Å². The van der Waals surface area contributed by atoms with Gasteiger partial charge in [-0.2, -0.15) is 0 Å². The molecule has 1 aliphatic rings. The lowest BCUT2D eigenvalue weighted by Crippen LogP contribution is -2.12. The second kappa shape index (κ2) is 8.79. The van der Waals surface area contributed by atoms with Crippen molar-refractivity contribution in [3.05, 3.63) is 74.4 Å². The van der Waals surface area contributed by atoms with Crippen LogP contribution in [0.2, 0.25) is 0 Å². The van der Waals surface area contributed by atoms with Gasteiger partial charge in [0.05, 0.1) is 10.9 Å². The molecule has 0 saturated heterocycles. The van der Waals surface area contributed by atoms with Gasteiger partial charge in [0, 0.05) is 4.88 Å². The van der Waals surface area contributed by atoms with Crippen molar-refractivity contribution in [3.63, 3.8) is 0 Å². The first-order valence-electron chi connectivity index (χ1n) is 11.1. The zero-order valence-corrected chi connectivity index (χ0v) is 19.2. The predicted octanol–water partition coefficient (Wildman–Crippen LogP) is 5.61. The molecule has 0 unspecified atom stereocenters. The highest BCUT2D eigenvalue weighted by molar-refractivity contribution is 7.18. The standard InChI is InChI=1S/C26H26N2O3S/c1-16-11-12-18(15-17(16)2)30-13-14-31-21-9-5-3-7-19(21)24-27-25(29)23-20-8-4-6-10-22(20)32-26(23)28-24/h3,5,7,9,11-12,15H,4,6,8,10,13-14H2,1-2H3,(H,27,28,29). The van der Waals surface area contributed by atoms with Gasteiger partial charge in [-0.05, 0) is 80.5 Å². The van der Waals surface area contributed by atoms with Crippen LogP contribution in [0.1, 0.15) is 34.4 Å². The number of aromatic nitrogens is 2. The number of fused-ring (bicyclic) bond motifs is 3. The average Bonchev–Trinajstić information content (AvgIpc) is 3.18. The summed E-state index contributed by atoms with van der Waals surface area (Å²) in [6, 6.07) is 13.7. The predicted molar refractivity (Wildman–Crippen MR) is 129 cm³/mol. The number of para-hydroxylation sites is 1. The van der Waals surface area contributed by atoms with E-state index in [0.717, 1.165) is 40.8 Å². The van der Waals surface area contributed by atoms with E-state index >= 15 is 0 Å². The lowest BCUT2D eigenvalue weighted by Gasteiger charge is -2.12. The largest absolute Gasteiger partial charge is 0.490 e. The number of aromatic amines is 1. The Bertz CT molecular complexity index is 1340. The van der Waals surface area contributed by atoms with Crippen LogP contribution in [0, 0.1) is 13.8 Å². The van der Waals surface area contributed by atoms with E-state index in [-0.39, 0.29) is 5.56 Å². The molecule has 5 nitrogen and oxygen atoms in total. The van der Waals surface area contributed by atoms with Gasteiger partial charge in [-0.15, -0.1) is 11.3 Å². The molecule has 32 heavy (non-hydrogen) atoms. The normalized spacial score (nSPS) is 13.2. The third-order valence-electron chi connectivity index (χ3n) is 6.06. The summed E-state index contributed by atoms with van der Waals surface area (Å²) in [5.41, 5.74) is 4.37. The van der Waals surface area contributed by atoms with E-state index in [1.54, 1.807) is 11.3 Å². The molecule has 6 heteroatoms. The first kappa shape index (κ1) is 20.8. The SMILES string of the molecule is Cc1ccc(OCCOc2ccccc2-c2nc3sc4c(c3c(=O)[nH]2)CCCC4)cc1C. The summed E-state index contributed by atoms with van der Waals surface area (Å²) in [5, 5.41) is 0.772. The number of hydrogen-bond donors (Lipinski definition) is 1. The first-order chi connectivity index (χ1) is 15.6. The van der Waals surface area contributed by atoms with E-state index < -0.39 is 0 Å². The van der Waals surface area contributed by atoms with E-state index in [9.17, 15) is 4.79 Å². The molecule has 5 rings (SSSR count). The molecule has 2 aromatic heterocycles. The summed E-state index contributed by atoms with van der Waals surface area (Å²) >= 11 is 1.66. The van der Waals surface area contributed by atoms with E-state index in [1.807, 2.05) is 36.4 Å². The number of nitrogens with zero attached hydrogens (tertiary/aromatic N) is 1. The fraction of sp³-hybridized carbons (Fsp3) is 0.308. The van der Waals surface area contributed by atoms with Gasteiger partial charge in [0.15, 0.2) is 0 Å². The Hall–Kier alpha value is -3.12. The van der Waals surface area contributed by atoms with Crippen molar-refractivity contribution in [3.8, 4) is 22.9 Å². The topological polar surface area (TPSA) is 64.2 Å². The fourth-order valence-electron chi connectivity index (χ4n) is 4.19. The quantitative estimate of drug-likeness (QED) is 0.391.